The van der Waals surface area contributed by atoms with Gasteiger partial charge in [-0.3, -0.25) is 9.59 Å². The summed E-state index contributed by atoms with van der Waals surface area (Å²) in [7, 11) is 0. The Morgan fingerprint density at radius 2 is 1.62 bits per heavy atom. The number of piperazine rings is 1. The van der Waals surface area contributed by atoms with Crippen LogP contribution in [0.15, 0.2) is 60.7 Å². The lowest BCUT2D eigenvalue weighted by atomic mass is 9.90. The van der Waals surface area contributed by atoms with Gasteiger partial charge in [0.25, 0.3) is 0 Å². The van der Waals surface area contributed by atoms with Gasteiger partial charge in [-0.15, -0.1) is 0 Å². The number of benzene rings is 2. The molecule has 3 aliphatic heterocycles. The van der Waals surface area contributed by atoms with E-state index in [0.29, 0.717) is 19.6 Å². The van der Waals surface area contributed by atoms with Crippen LogP contribution in [0.25, 0.3) is 0 Å². The minimum Gasteiger partial charge on any atom is -0.434 e. The Balaban J connectivity index is 1.39. The topological polar surface area (TPSA) is 73.9 Å². The molecule has 2 atom stereocenters. The number of esters is 1. The highest BCUT2D eigenvalue weighted by Crippen LogP contribution is 2.45. The summed E-state index contributed by atoms with van der Waals surface area (Å²) < 4.78 is 6.21. The molecule has 2 aromatic rings. The number of piperidine rings is 1. The summed E-state index contributed by atoms with van der Waals surface area (Å²) in [6, 6.07) is 18.5. The number of hydrogen-bond donors (Lipinski definition) is 2. The largest absolute Gasteiger partial charge is 0.434 e. The third-order valence-corrected chi connectivity index (χ3v) is 7.26. The zero-order valence-corrected chi connectivity index (χ0v) is 19.6. The fourth-order valence-corrected chi connectivity index (χ4v) is 5.62. The van der Waals surface area contributed by atoms with E-state index in [4.69, 9.17) is 4.74 Å². The van der Waals surface area contributed by atoms with Crippen molar-refractivity contribution in [3.8, 4) is 0 Å². The van der Waals surface area contributed by atoms with E-state index in [1.807, 2.05) is 65.6 Å². The average molecular weight is 463 g/mol. The number of nitrogens with one attached hydrogen (secondary N) is 2. The smallest absolute Gasteiger partial charge is 0.327 e. The lowest BCUT2D eigenvalue weighted by Gasteiger charge is -2.44. The van der Waals surface area contributed by atoms with Crippen molar-refractivity contribution in [2.75, 3.05) is 39.3 Å². The number of likely N-dealkylation sites (tertiary alicyclic amines) is 1. The van der Waals surface area contributed by atoms with Crippen LogP contribution in [-0.2, 0) is 20.1 Å². The van der Waals surface area contributed by atoms with Crippen LogP contribution >= 0.6 is 0 Å². The molecule has 0 aliphatic carbocycles. The van der Waals surface area contributed by atoms with E-state index in [1.165, 1.54) is 19.3 Å². The summed E-state index contributed by atoms with van der Waals surface area (Å²) in [4.78, 5) is 31.1. The maximum atomic E-state index is 13.5. The zero-order valence-electron chi connectivity index (χ0n) is 19.6. The van der Waals surface area contributed by atoms with E-state index >= 15 is 0 Å². The van der Waals surface area contributed by atoms with Gasteiger partial charge in [0.2, 0.25) is 11.6 Å². The summed E-state index contributed by atoms with van der Waals surface area (Å²) in [5, 5.41) is 6.43. The highest BCUT2D eigenvalue weighted by atomic mass is 16.6. The zero-order chi connectivity index (χ0) is 23.4. The number of carbonyl (C=O) groups is 2. The highest BCUT2D eigenvalue weighted by molar-refractivity contribution is 5.86. The van der Waals surface area contributed by atoms with Gasteiger partial charge in [-0.1, -0.05) is 67.1 Å². The number of carbonyl (C=O) groups excluding carboxylic acids is 2. The maximum absolute atomic E-state index is 13.5. The summed E-state index contributed by atoms with van der Waals surface area (Å²) in [5.74, 6) is -0.367. The van der Waals surface area contributed by atoms with Crippen LogP contribution in [0.2, 0.25) is 0 Å². The molecule has 3 saturated heterocycles. The molecule has 0 spiro atoms. The predicted molar refractivity (Wildman–Crippen MR) is 130 cm³/mol. The average Bonchev–Trinajstić information content (AvgIpc) is 3.21. The monoisotopic (exact) mass is 462 g/mol. The van der Waals surface area contributed by atoms with Gasteiger partial charge in [0.1, 0.15) is 12.1 Å². The molecule has 3 heterocycles. The lowest BCUT2D eigenvalue weighted by Crippen LogP contribution is -2.65. The van der Waals surface area contributed by atoms with Crippen molar-refractivity contribution in [3.05, 3.63) is 71.8 Å². The maximum Gasteiger partial charge on any atom is 0.327 e. The molecule has 34 heavy (non-hydrogen) atoms. The van der Waals surface area contributed by atoms with Crippen LogP contribution < -0.4 is 10.6 Å². The fraction of sp³-hybridized carbons (Fsp3) is 0.481. The van der Waals surface area contributed by atoms with Crippen molar-refractivity contribution in [3.63, 3.8) is 0 Å². The van der Waals surface area contributed by atoms with Crippen LogP contribution in [-0.4, -0.2) is 73.0 Å². The standard InChI is InChI=1S/C27H34N4O3/c32-25(29-15-10-18-30-16-8-3-9-17-30)23-19-28-20-24-26(33)34-27(31(23)24,21-11-4-1-5-12-21)22-13-6-2-7-14-22/h1-2,4-7,11-14,23-24,28H,3,8-10,15-20H2,(H,29,32). The van der Waals surface area contributed by atoms with Gasteiger partial charge in [0.15, 0.2) is 0 Å². The Hall–Kier alpha value is -2.74. The molecule has 7 nitrogen and oxygen atoms in total. The highest BCUT2D eigenvalue weighted by Gasteiger charge is 2.60. The normalized spacial score (nSPS) is 24.9. The molecule has 2 N–H and O–H groups in total. The number of ether oxygens (including phenoxy) is 1. The van der Waals surface area contributed by atoms with Gasteiger partial charge in [-0.2, -0.15) is 0 Å². The van der Waals surface area contributed by atoms with Crippen molar-refractivity contribution in [2.24, 2.45) is 0 Å². The molecule has 0 saturated carbocycles. The lowest BCUT2D eigenvalue weighted by molar-refractivity contribution is -0.153. The second-order valence-corrected chi connectivity index (χ2v) is 9.44. The fourth-order valence-electron chi connectivity index (χ4n) is 5.62. The van der Waals surface area contributed by atoms with E-state index in [-0.39, 0.29) is 11.9 Å². The van der Waals surface area contributed by atoms with Gasteiger partial charge in [0, 0.05) is 30.8 Å². The first-order valence-electron chi connectivity index (χ1n) is 12.5. The Labute approximate surface area is 201 Å². The van der Waals surface area contributed by atoms with E-state index in [2.05, 4.69) is 15.5 Å². The molecule has 3 aliphatic rings. The van der Waals surface area contributed by atoms with Crippen LogP contribution in [0.3, 0.4) is 0 Å². The number of amides is 1. The van der Waals surface area contributed by atoms with Gasteiger partial charge < -0.3 is 20.3 Å². The Morgan fingerprint density at radius 3 is 2.26 bits per heavy atom. The minimum absolute atomic E-state index is 0.0645. The summed E-state index contributed by atoms with van der Waals surface area (Å²) >= 11 is 0. The second-order valence-electron chi connectivity index (χ2n) is 9.44. The van der Waals surface area contributed by atoms with Crippen molar-refractivity contribution >= 4 is 11.9 Å². The molecule has 0 bridgehead atoms. The number of nitrogens with zero attached hydrogens (tertiary/aromatic N) is 2. The number of rotatable bonds is 7. The van der Waals surface area contributed by atoms with Gasteiger partial charge >= 0.3 is 5.97 Å². The first kappa shape index (κ1) is 23.0. The number of fused-ring (bicyclic) bond motifs is 1. The van der Waals surface area contributed by atoms with E-state index in [0.717, 1.165) is 37.2 Å². The van der Waals surface area contributed by atoms with E-state index in [1.54, 1.807) is 0 Å². The SMILES string of the molecule is O=C(NCCCN1CCCCC1)C1CNCC2C(=O)OC(c3ccccc3)(c3ccccc3)N12. The number of hydrogen-bond acceptors (Lipinski definition) is 6. The van der Waals surface area contributed by atoms with Crippen LogP contribution in [0.4, 0.5) is 0 Å². The Kier molecular flexibility index (Phi) is 6.94. The van der Waals surface area contributed by atoms with Crippen molar-refractivity contribution in [1.29, 1.82) is 0 Å². The van der Waals surface area contributed by atoms with Crippen LogP contribution in [0.1, 0.15) is 36.8 Å². The number of cyclic esters (lactones) is 1. The molecule has 180 valence electrons. The van der Waals surface area contributed by atoms with Crippen molar-refractivity contribution in [2.45, 2.75) is 43.5 Å². The molecular formula is C27H34N4O3. The van der Waals surface area contributed by atoms with Crippen molar-refractivity contribution < 1.29 is 14.3 Å². The summed E-state index contributed by atoms with van der Waals surface area (Å²) in [6.07, 6.45) is 4.79. The minimum atomic E-state index is -1.14. The molecule has 2 unspecified atom stereocenters. The first-order chi connectivity index (χ1) is 16.7. The van der Waals surface area contributed by atoms with E-state index in [9.17, 15) is 9.59 Å². The van der Waals surface area contributed by atoms with Gasteiger partial charge in [-0.05, 0) is 38.9 Å². The molecule has 2 aromatic carbocycles. The molecule has 5 rings (SSSR count). The summed E-state index contributed by atoms with van der Waals surface area (Å²) in [5.41, 5.74) is 0.561. The first-order valence-corrected chi connectivity index (χ1v) is 12.5. The Bertz CT molecular complexity index is 938. The molecule has 0 radical (unpaired) electrons. The molecule has 1 amide bonds. The van der Waals surface area contributed by atoms with E-state index < -0.39 is 17.8 Å². The molecule has 3 fully saturated rings. The van der Waals surface area contributed by atoms with Crippen LogP contribution in [0.5, 0.6) is 0 Å². The van der Waals surface area contributed by atoms with Gasteiger partial charge in [0.05, 0.1) is 0 Å². The molecular weight excluding hydrogens is 428 g/mol. The second kappa shape index (κ2) is 10.3. The van der Waals surface area contributed by atoms with Crippen LogP contribution in [0, 0.1) is 0 Å². The third kappa shape index (κ3) is 4.35. The van der Waals surface area contributed by atoms with Crippen molar-refractivity contribution in [1.82, 2.24) is 20.4 Å². The predicted octanol–water partition coefficient (Wildman–Crippen LogP) is 2.08. The molecule has 0 aromatic heterocycles. The third-order valence-electron chi connectivity index (χ3n) is 7.26. The quantitative estimate of drug-likeness (QED) is 0.485. The van der Waals surface area contributed by atoms with Gasteiger partial charge in [-0.25, -0.2) is 4.90 Å². The molecule has 7 heteroatoms. The Morgan fingerprint density at radius 1 is 0.971 bits per heavy atom. The summed E-state index contributed by atoms with van der Waals surface area (Å²) in [6.45, 7) is 4.88.